The Morgan fingerprint density at radius 2 is 1.88 bits per heavy atom. The number of rotatable bonds is 1. The summed E-state index contributed by atoms with van der Waals surface area (Å²) >= 11 is 0. The standard InChI is InChI=1S/C8H13NO.C4H7NO/c1-2-7-5-3-4-6-9-8(7)10;6-4-2-1-3-5-4/h2,7H,1,3-6H2,(H,9,10);1-3H2,(H,5,6). The molecule has 4 heteroatoms. The van der Waals surface area contributed by atoms with Crippen LogP contribution < -0.4 is 10.6 Å². The summed E-state index contributed by atoms with van der Waals surface area (Å²) in [5, 5.41) is 5.52. The minimum atomic E-state index is 0.0579. The Balaban J connectivity index is 0.000000181. The van der Waals surface area contributed by atoms with Crippen molar-refractivity contribution in [1.82, 2.24) is 10.6 Å². The molecule has 16 heavy (non-hydrogen) atoms. The Hall–Kier alpha value is -1.32. The molecule has 2 amide bonds. The second-order valence-electron chi connectivity index (χ2n) is 4.08. The second kappa shape index (κ2) is 7.04. The maximum Gasteiger partial charge on any atom is 0.226 e. The Morgan fingerprint density at radius 1 is 1.12 bits per heavy atom. The van der Waals surface area contributed by atoms with E-state index in [4.69, 9.17) is 0 Å². The van der Waals surface area contributed by atoms with Crippen LogP contribution in [-0.4, -0.2) is 24.9 Å². The zero-order chi connectivity index (χ0) is 11.8. The highest BCUT2D eigenvalue weighted by Crippen LogP contribution is 2.12. The molecular formula is C12H20N2O2. The number of carbonyl (C=O) groups is 2. The minimum Gasteiger partial charge on any atom is -0.356 e. The monoisotopic (exact) mass is 224 g/mol. The van der Waals surface area contributed by atoms with Crippen LogP contribution in [-0.2, 0) is 9.59 Å². The first-order valence-corrected chi connectivity index (χ1v) is 5.91. The molecule has 0 aromatic carbocycles. The van der Waals surface area contributed by atoms with Gasteiger partial charge < -0.3 is 10.6 Å². The van der Waals surface area contributed by atoms with Crippen LogP contribution in [0.15, 0.2) is 12.7 Å². The summed E-state index contributed by atoms with van der Waals surface area (Å²) in [5.41, 5.74) is 0. The molecule has 2 aliphatic rings. The van der Waals surface area contributed by atoms with E-state index in [2.05, 4.69) is 17.2 Å². The van der Waals surface area contributed by atoms with Gasteiger partial charge in [-0.25, -0.2) is 0 Å². The summed E-state index contributed by atoms with van der Waals surface area (Å²) in [4.78, 5) is 21.2. The third kappa shape index (κ3) is 4.47. The predicted octanol–water partition coefficient (Wildman–Crippen LogP) is 0.985. The Kier molecular flexibility index (Phi) is 5.61. The smallest absolute Gasteiger partial charge is 0.226 e. The molecule has 2 N–H and O–H groups in total. The van der Waals surface area contributed by atoms with Crippen LogP contribution in [0.5, 0.6) is 0 Å². The van der Waals surface area contributed by atoms with Crippen LogP contribution in [0.4, 0.5) is 0 Å². The summed E-state index contributed by atoms with van der Waals surface area (Å²) < 4.78 is 0. The van der Waals surface area contributed by atoms with Crippen molar-refractivity contribution in [2.45, 2.75) is 32.1 Å². The maximum absolute atomic E-state index is 11.1. The van der Waals surface area contributed by atoms with E-state index >= 15 is 0 Å². The largest absolute Gasteiger partial charge is 0.356 e. The highest BCUT2D eigenvalue weighted by atomic mass is 16.2. The lowest BCUT2D eigenvalue weighted by molar-refractivity contribution is -0.123. The molecule has 0 aromatic heterocycles. The summed E-state index contributed by atoms with van der Waals surface area (Å²) in [6.45, 7) is 5.34. The van der Waals surface area contributed by atoms with Gasteiger partial charge in [-0.1, -0.05) is 12.5 Å². The van der Waals surface area contributed by atoms with Gasteiger partial charge in [0.15, 0.2) is 0 Å². The fourth-order valence-corrected chi connectivity index (χ4v) is 1.75. The zero-order valence-electron chi connectivity index (χ0n) is 9.63. The lowest BCUT2D eigenvalue weighted by Gasteiger charge is -2.05. The van der Waals surface area contributed by atoms with Crippen molar-refractivity contribution in [2.24, 2.45) is 5.92 Å². The molecule has 2 aliphatic heterocycles. The number of carbonyl (C=O) groups excluding carboxylic acids is 2. The SMILES string of the molecule is C=CC1CCCCNC1=O.O=C1CCCN1. The van der Waals surface area contributed by atoms with Gasteiger partial charge >= 0.3 is 0 Å². The van der Waals surface area contributed by atoms with Crippen molar-refractivity contribution >= 4 is 11.8 Å². The van der Waals surface area contributed by atoms with Crippen LogP contribution in [0.2, 0.25) is 0 Å². The molecule has 0 saturated carbocycles. The second-order valence-corrected chi connectivity index (χ2v) is 4.08. The van der Waals surface area contributed by atoms with Gasteiger partial charge in [-0.3, -0.25) is 9.59 Å². The van der Waals surface area contributed by atoms with Gasteiger partial charge in [0.2, 0.25) is 11.8 Å². The van der Waals surface area contributed by atoms with E-state index in [1.165, 1.54) is 0 Å². The van der Waals surface area contributed by atoms with Crippen LogP contribution in [0, 0.1) is 5.92 Å². The first kappa shape index (κ1) is 12.7. The van der Waals surface area contributed by atoms with Gasteiger partial charge in [0, 0.05) is 19.5 Å². The van der Waals surface area contributed by atoms with E-state index in [-0.39, 0.29) is 17.7 Å². The van der Waals surface area contributed by atoms with Crippen LogP contribution in [0.3, 0.4) is 0 Å². The molecule has 0 bridgehead atoms. The third-order valence-corrected chi connectivity index (χ3v) is 2.77. The molecule has 0 radical (unpaired) electrons. The van der Waals surface area contributed by atoms with Crippen molar-refractivity contribution in [3.05, 3.63) is 12.7 Å². The van der Waals surface area contributed by atoms with Crippen molar-refractivity contribution in [3.8, 4) is 0 Å². The molecule has 1 unspecified atom stereocenters. The van der Waals surface area contributed by atoms with E-state index in [0.29, 0.717) is 0 Å². The summed E-state index contributed by atoms with van der Waals surface area (Å²) in [6, 6.07) is 0. The average Bonchev–Trinajstić information content (AvgIpc) is 2.65. The first-order valence-electron chi connectivity index (χ1n) is 5.91. The minimum absolute atomic E-state index is 0.0579. The first-order chi connectivity index (χ1) is 7.74. The fraction of sp³-hybridized carbons (Fsp3) is 0.667. The molecule has 0 aromatic rings. The van der Waals surface area contributed by atoms with Gasteiger partial charge in [-0.15, -0.1) is 6.58 Å². The van der Waals surface area contributed by atoms with E-state index in [1.54, 1.807) is 6.08 Å². The molecule has 4 nitrogen and oxygen atoms in total. The zero-order valence-corrected chi connectivity index (χ0v) is 9.63. The van der Waals surface area contributed by atoms with E-state index in [1.807, 2.05) is 0 Å². The fourth-order valence-electron chi connectivity index (χ4n) is 1.75. The molecule has 2 heterocycles. The highest BCUT2D eigenvalue weighted by molar-refractivity contribution is 5.80. The average molecular weight is 224 g/mol. The normalized spacial score (nSPS) is 24.6. The Bertz CT molecular complexity index is 256. The van der Waals surface area contributed by atoms with Gasteiger partial charge in [-0.2, -0.15) is 0 Å². The Labute approximate surface area is 96.5 Å². The van der Waals surface area contributed by atoms with Crippen molar-refractivity contribution in [1.29, 1.82) is 0 Å². The molecule has 0 aliphatic carbocycles. The van der Waals surface area contributed by atoms with E-state index < -0.39 is 0 Å². The van der Waals surface area contributed by atoms with Crippen molar-refractivity contribution in [2.75, 3.05) is 13.1 Å². The number of nitrogens with one attached hydrogen (secondary N) is 2. The quantitative estimate of drug-likeness (QED) is 0.652. The highest BCUT2D eigenvalue weighted by Gasteiger charge is 2.16. The van der Waals surface area contributed by atoms with Gasteiger partial charge in [0.05, 0.1) is 5.92 Å². The van der Waals surface area contributed by atoms with E-state index in [9.17, 15) is 9.59 Å². The summed E-state index contributed by atoms with van der Waals surface area (Å²) in [5.74, 6) is 0.407. The molecule has 90 valence electrons. The molecular weight excluding hydrogens is 204 g/mol. The maximum atomic E-state index is 11.1. The molecule has 2 rings (SSSR count). The predicted molar refractivity (Wildman–Crippen MR) is 62.8 cm³/mol. The topological polar surface area (TPSA) is 58.2 Å². The lowest BCUT2D eigenvalue weighted by atomic mass is 10.0. The number of hydrogen-bond donors (Lipinski definition) is 2. The Morgan fingerprint density at radius 3 is 2.38 bits per heavy atom. The molecule has 0 spiro atoms. The van der Waals surface area contributed by atoms with Crippen LogP contribution in [0.1, 0.15) is 32.1 Å². The number of hydrogen-bond acceptors (Lipinski definition) is 2. The summed E-state index contributed by atoms with van der Waals surface area (Å²) in [6.07, 6.45) is 6.71. The van der Waals surface area contributed by atoms with Crippen LogP contribution in [0.25, 0.3) is 0 Å². The van der Waals surface area contributed by atoms with Crippen LogP contribution >= 0.6 is 0 Å². The van der Waals surface area contributed by atoms with Crippen molar-refractivity contribution < 1.29 is 9.59 Å². The third-order valence-electron chi connectivity index (χ3n) is 2.77. The summed E-state index contributed by atoms with van der Waals surface area (Å²) in [7, 11) is 0. The van der Waals surface area contributed by atoms with E-state index in [0.717, 1.165) is 45.2 Å². The van der Waals surface area contributed by atoms with Gasteiger partial charge in [0.1, 0.15) is 0 Å². The number of amides is 2. The van der Waals surface area contributed by atoms with Crippen molar-refractivity contribution in [3.63, 3.8) is 0 Å². The lowest BCUT2D eigenvalue weighted by Crippen LogP contribution is -2.27. The van der Waals surface area contributed by atoms with Gasteiger partial charge in [-0.05, 0) is 19.3 Å². The van der Waals surface area contributed by atoms with Gasteiger partial charge in [0.25, 0.3) is 0 Å². The molecule has 2 fully saturated rings. The molecule has 2 saturated heterocycles. The molecule has 1 atom stereocenters.